The van der Waals surface area contributed by atoms with E-state index in [4.69, 9.17) is 14.8 Å². The van der Waals surface area contributed by atoms with Crippen molar-refractivity contribution >= 4 is 27.6 Å². The number of β-amino-alcohol motifs (C(OH)–C–C–N with tert-alkyl or cyclic N) is 1. The third kappa shape index (κ3) is 3.48. The zero-order chi connectivity index (χ0) is 20.5. The van der Waals surface area contributed by atoms with E-state index in [1.54, 1.807) is 0 Å². The number of hydrogen-bond acceptors (Lipinski definition) is 6. The average molecular weight is 406 g/mol. The van der Waals surface area contributed by atoms with Crippen LogP contribution in [-0.2, 0) is 0 Å². The number of aliphatic hydroxyl groups is 1. The first-order valence-electron chi connectivity index (χ1n) is 10.4. The minimum atomic E-state index is 0.219. The van der Waals surface area contributed by atoms with Crippen LogP contribution in [0, 0.1) is 0 Å². The Labute approximate surface area is 174 Å². The predicted molar refractivity (Wildman–Crippen MR) is 118 cm³/mol. The second-order valence-electron chi connectivity index (χ2n) is 7.55. The zero-order valence-corrected chi connectivity index (χ0v) is 17.1. The smallest absolute Gasteiger partial charge is 0.159 e. The molecule has 3 heterocycles. The van der Waals surface area contributed by atoms with Gasteiger partial charge in [-0.1, -0.05) is 0 Å². The summed E-state index contributed by atoms with van der Waals surface area (Å²) in [6.07, 6.45) is 0. The molecule has 0 saturated carbocycles. The van der Waals surface area contributed by atoms with Crippen molar-refractivity contribution in [2.24, 2.45) is 0 Å². The molecule has 0 amide bonds. The van der Waals surface area contributed by atoms with Gasteiger partial charge in [-0.3, -0.25) is 10.00 Å². The number of aromatic amines is 2. The highest BCUT2D eigenvalue weighted by molar-refractivity contribution is 5.94. The molecule has 0 spiro atoms. The highest BCUT2D eigenvalue weighted by Crippen LogP contribution is 2.30. The summed E-state index contributed by atoms with van der Waals surface area (Å²) in [5.74, 6) is 1.57. The van der Waals surface area contributed by atoms with Crippen molar-refractivity contribution in [2.45, 2.75) is 6.92 Å². The van der Waals surface area contributed by atoms with Crippen LogP contribution in [0.25, 0.3) is 33.5 Å². The topological polar surface area (TPSA) is 93.3 Å². The van der Waals surface area contributed by atoms with Gasteiger partial charge in [-0.15, -0.1) is 0 Å². The van der Waals surface area contributed by atoms with E-state index in [2.05, 4.69) is 43.2 Å². The number of piperazine rings is 1. The molecule has 0 unspecified atom stereocenters. The molecule has 156 valence electrons. The van der Waals surface area contributed by atoms with Gasteiger partial charge in [-0.05, 0) is 43.3 Å². The quantitative estimate of drug-likeness (QED) is 0.456. The minimum absolute atomic E-state index is 0.219. The van der Waals surface area contributed by atoms with Crippen LogP contribution in [0.1, 0.15) is 6.92 Å². The summed E-state index contributed by atoms with van der Waals surface area (Å²) in [5, 5.41) is 17.7. The number of aromatic nitrogens is 4. The van der Waals surface area contributed by atoms with Crippen LogP contribution < -0.4 is 9.64 Å². The number of fused-ring (bicyclic) bond motifs is 2. The molecule has 3 N–H and O–H groups in total. The van der Waals surface area contributed by atoms with Gasteiger partial charge >= 0.3 is 0 Å². The van der Waals surface area contributed by atoms with E-state index >= 15 is 0 Å². The maximum atomic E-state index is 9.13. The number of H-pyrrole nitrogens is 2. The van der Waals surface area contributed by atoms with Crippen molar-refractivity contribution < 1.29 is 9.84 Å². The Morgan fingerprint density at radius 1 is 1.07 bits per heavy atom. The molecule has 2 aromatic heterocycles. The van der Waals surface area contributed by atoms with Crippen LogP contribution in [0.15, 0.2) is 36.4 Å². The third-order valence-corrected chi connectivity index (χ3v) is 5.69. The second kappa shape index (κ2) is 7.97. The number of imidazole rings is 1. The van der Waals surface area contributed by atoms with Crippen LogP contribution in [0.3, 0.4) is 0 Å². The molecule has 5 rings (SSSR count). The van der Waals surface area contributed by atoms with Crippen LogP contribution in [-0.4, -0.2) is 76.1 Å². The molecule has 1 aliphatic rings. The molecule has 1 fully saturated rings. The van der Waals surface area contributed by atoms with Gasteiger partial charge in [-0.25, -0.2) is 4.98 Å². The van der Waals surface area contributed by atoms with Gasteiger partial charge in [0.15, 0.2) is 5.82 Å². The van der Waals surface area contributed by atoms with E-state index in [9.17, 15) is 0 Å². The molecule has 0 radical (unpaired) electrons. The van der Waals surface area contributed by atoms with Crippen LogP contribution in [0.5, 0.6) is 5.75 Å². The van der Waals surface area contributed by atoms with Crippen LogP contribution >= 0.6 is 0 Å². The van der Waals surface area contributed by atoms with E-state index < -0.39 is 0 Å². The Hall–Kier alpha value is -3.10. The molecule has 30 heavy (non-hydrogen) atoms. The number of rotatable bonds is 6. The summed E-state index contributed by atoms with van der Waals surface area (Å²) in [6, 6.07) is 12.3. The number of anilines is 1. The van der Waals surface area contributed by atoms with Crippen molar-refractivity contribution in [3.63, 3.8) is 0 Å². The number of nitrogens with zero attached hydrogens (tertiary/aromatic N) is 4. The fraction of sp³-hybridized carbons (Fsp3) is 0.364. The summed E-state index contributed by atoms with van der Waals surface area (Å²) in [5.41, 5.74) is 4.85. The molecule has 0 bridgehead atoms. The summed E-state index contributed by atoms with van der Waals surface area (Å²) >= 11 is 0. The standard InChI is InChI=1S/C22H26N6O2/c1-2-30-16-4-6-18-17(14-16)21(26-25-18)22-23-19-5-3-15(13-20(19)24-22)28-9-7-27(8-10-28)11-12-29/h3-6,13-14,29H,2,7-12H2,1H3,(H,23,24)(H,25,26). The normalized spacial score (nSPS) is 15.3. The summed E-state index contributed by atoms with van der Waals surface area (Å²) in [6.45, 7) is 7.41. The van der Waals surface area contributed by atoms with E-state index in [-0.39, 0.29) is 6.61 Å². The van der Waals surface area contributed by atoms with Crippen LogP contribution in [0.4, 0.5) is 5.69 Å². The lowest BCUT2D eigenvalue weighted by Gasteiger charge is -2.35. The van der Waals surface area contributed by atoms with Crippen molar-refractivity contribution in [1.29, 1.82) is 0 Å². The lowest BCUT2D eigenvalue weighted by Crippen LogP contribution is -2.47. The van der Waals surface area contributed by atoms with E-state index in [1.807, 2.05) is 25.1 Å². The molecule has 2 aromatic carbocycles. The van der Waals surface area contributed by atoms with Gasteiger partial charge in [0.25, 0.3) is 0 Å². The van der Waals surface area contributed by atoms with Gasteiger partial charge in [0.2, 0.25) is 0 Å². The molecule has 1 saturated heterocycles. The Balaban J connectivity index is 1.43. The maximum absolute atomic E-state index is 9.13. The highest BCUT2D eigenvalue weighted by Gasteiger charge is 2.18. The molecular formula is C22H26N6O2. The van der Waals surface area contributed by atoms with Gasteiger partial charge in [0.05, 0.1) is 29.8 Å². The van der Waals surface area contributed by atoms with Crippen molar-refractivity contribution in [1.82, 2.24) is 25.1 Å². The number of nitrogens with one attached hydrogen (secondary N) is 2. The van der Waals surface area contributed by atoms with E-state index in [0.29, 0.717) is 6.61 Å². The Morgan fingerprint density at radius 2 is 1.93 bits per heavy atom. The van der Waals surface area contributed by atoms with Gasteiger partial charge in [-0.2, -0.15) is 5.10 Å². The van der Waals surface area contributed by atoms with Gasteiger partial charge in [0, 0.05) is 43.8 Å². The number of hydrogen-bond donors (Lipinski definition) is 3. The first-order chi connectivity index (χ1) is 14.7. The predicted octanol–water partition coefficient (Wildman–Crippen LogP) is 2.62. The fourth-order valence-electron chi connectivity index (χ4n) is 4.11. The van der Waals surface area contributed by atoms with Crippen molar-refractivity contribution in [3.05, 3.63) is 36.4 Å². The molecule has 1 aliphatic heterocycles. The Bertz CT molecular complexity index is 1160. The minimum Gasteiger partial charge on any atom is -0.494 e. The third-order valence-electron chi connectivity index (χ3n) is 5.69. The van der Waals surface area contributed by atoms with Crippen LogP contribution in [0.2, 0.25) is 0 Å². The maximum Gasteiger partial charge on any atom is 0.159 e. The molecule has 0 atom stereocenters. The lowest BCUT2D eigenvalue weighted by molar-refractivity contribution is 0.189. The number of ether oxygens (including phenoxy) is 1. The average Bonchev–Trinajstić information content (AvgIpc) is 3.37. The van der Waals surface area contributed by atoms with Gasteiger partial charge < -0.3 is 19.7 Å². The van der Waals surface area contributed by atoms with Crippen molar-refractivity contribution in [2.75, 3.05) is 50.8 Å². The Morgan fingerprint density at radius 3 is 2.73 bits per heavy atom. The summed E-state index contributed by atoms with van der Waals surface area (Å²) in [4.78, 5) is 12.9. The first kappa shape index (κ1) is 18.9. The zero-order valence-electron chi connectivity index (χ0n) is 17.1. The molecular weight excluding hydrogens is 380 g/mol. The lowest BCUT2D eigenvalue weighted by atomic mass is 10.2. The van der Waals surface area contributed by atoms with Gasteiger partial charge in [0.1, 0.15) is 11.4 Å². The molecule has 4 aromatic rings. The Kier molecular flexibility index (Phi) is 5.02. The van der Waals surface area contributed by atoms with Crippen molar-refractivity contribution in [3.8, 4) is 17.3 Å². The second-order valence-corrected chi connectivity index (χ2v) is 7.55. The van der Waals surface area contributed by atoms with E-state index in [0.717, 1.165) is 71.9 Å². The largest absolute Gasteiger partial charge is 0.494 e. The molecule has 0 aliphatic carbocycles. The summed E-state index contributed by atoms with van der Waals surface area (Å²) in [7, 11) is 0. The molecule has 8 heteroatoms. The number of benzene rings is 2. The highest BCUT2D eigenvalue weighted by atomic mass is 16.5. The summed E-state index contributed by atoms with van der Waals surface area (Å²) < 4.78 is 5.64. The number of aliphatic hydroxyl groups excluding tert-OH is 1. The fourth-order valence-corrected chi connectivity index (χ4v) is 4.11. The van der Waals surface area contributed by atoms with E-state index in [1.165, 1.54) is 5.69 Å². The first-order valence-corrected chi connectivity index (χ1v) is 10.4. The SMILES string of the molecule is CCOc1ccc2[nH]nc(-c3nc4ccc(N5CCN(CCO)CC5)cc4[nH]3)c2c1. The molecule has 8 nitrogen and oxygen atoms in total. The monoisotopic (exact) mass is 406 g/mol.